The van der Waals surface area contributed by atoms with E-state index in [0.29, 0.717) is 0 Å². The molecule has 0 N–H and O–H groups in total. The normalized spacial score (nSPS) is 9.25. The molecule has 0 rings (SSSR count). The molecule has 0 radical (unpaired) electrons. The van der Waals surface area contributed by atoms with Gasteiger partial charge in [-0.05, 0) is 6.26 Å². The van der Waals surface area contributed by atoms with Gasteiger partial charge in [-0.25, -0.2) is 0 Å². The molecule has 0 aliphatic rings. The van der Waals surface area contributed by atoms with Crippen LogP contribution in [-0.4, -0.2) is 11.5 Å². The number of rotatable bonds is 0. The number of aliphatic imine (C=N–C) groups is 1. The summed E-state index contributed by atoms with van der Waals surface area (Å²) in [5, 5.41) is 17.3. The zero-order valence-electron chi connectivity index (χ0n) is 4.71. The van der Waals surface area contributed by atoms with E-state index < -0.39 is 5.23 Å². The molecule has 38 valence electrons. The van der Waals surface area contributed by atoms with Crippen molar-refractivity contribution in [2.24, 2.45) is 4.99 Å². The summed E-state index contributed by atoms with van der Waals surface area (Å²) in [6.45, 7) is 0. The van der Waals surface area contributed by atoms with Gasteiger partial charge in [0, 0.05) is 5.23 Å². The predicted molar refractivity (Wildman–Crippen MR) is 26.6 cm³/mol. The molecule has 0 unspecified atom stereocenters. The molecular formula is C3H3KN2OS. The quantitative estimate of drug-likeness (QED) is 0.158. The van der Waals surface area contributed by atoms with Crippen molar-refractivity contribution in [1.82, 2.24) is 0 Å². The Morgan fingerprint density at radius 2 is 2.38 bits per heavy atom. The minimum atomic E-state index is -0.442. The second-order valence-electron chi connectivity index (χ2n) is 0.682. The smallest absolute Gasteiger partial charge is 0.853 e. The van der Waals surface area contributed by atoms with Gasteiger partial charge in [0.1, 0.15) is 0 Å². The summed E-state index contributed by atoms with van der Waals surface area (Å²) in [7, 11) is 0. The van der Waals surface area contributed by atoms with Crippen molar-refractivity contribution in [2.45, 2.75) is 0 Å². The average Bonchev–Trinajstić information content (AvgIpc) is 1.68. The summed E-state index contributed by atoms with van der Waals surface area (Å²) < 4.78 is 0. The largest absolute Gasteiger partial charge is 1.00 e. The summed E-state index contributed by atoms with van der Waals surface area (Å²) in [6.07, 6.45) is 2.95. The van der Waals surface area contributed by atoms with Crippen LogP contribution in [-0.2, 0) is 0 Å². The molecule has 0 aliphatic carbocycles. The first-order valence-corrected chi connectivity index (χ1v) is 2.71. The van der Waals surface area contributed by atoms with E-state index in [1.165, 1.54) is 6.19 Å². The van der Waals surface area contributed by atoms with E-state index in [-0.39, 0.29) is 51.4 Å². The molecule has 0 amide bonds. The van der Waals surface area contributed by atoms with Crippen LogP contribution in [0.3, 0.4) is 0 Å². The van der Waals surface area contributed by atoms with E-state index in [1.54, 1.807) is 6.26 Å². The molecule has 0 fully saturated rings. The van der Waals surface area contributed by atoms with Crippen LogP contribution >= 0.6 is 11.8 Å². The van der Waals surface area contributed by atoms with E-state index in [1.807, 2.05) is 0 Å². The molecule has 0 atom stereocenters. The zero-order valence-corrected chi connectivity index (χ0v) is 8.65. The first kappa shape index (κ1) is 11.7. The Labute approximate surface area is 94.6 Å². The molecular weight excluding hydrogens is 151 g/mol. The molecule has 0 aromatic rings. The van der Waals surface area contributed by atoms with Crippen LogP contribution in [0.1, 0.15) is 0 Å². The van der Waals surface area contributed by atoms with Crippen molar-refractivity contribution in [1.29, 1.82) is 5.26 Å². The van der Waals surface area contributed by atoms with E-state index >= 15 is 0 Å². The van der Waals surface area contributed by atoms with Crippen LogP contribution in [0.15, 0.2) is 4.99 Å². The number of thioether (sulfide) groups is 1. The van der Waals surface area contributed by atoms with Gasteiger partial charge in [-0.15, -0.1) is 11.8 Å². The summed E-state index contributed by atoms with van der Waals surface area (Å²) >= 11 is 0.921. The van der Waals surface area contributed by atoms with Crippen LogP contribution in [0.4, 0.5) is 0 Å². The maximum atomic E-state index is 9.99. The van der Waals surface area contributed by atoms with Crippen molar-refractivity contribution in [3.63, 3.8) is 0 Å². The van der Waals surface area contributed by atoms with Crippen LogP contribution in [0.25, 0.3) is 0 Å². The number of nitrogens with zero attached hydrogens (tertiary/aromatic N) is 2. The van der Waals surface area contributed by atoms with Gasteiger partial charge in [-0.3, -0.25) is 0 Å². The summed E-state index contributed by atoms with van der Waals surface area (Å²) in [5.74, 6) is 0. The Kier molecular flexibility index (Phi) is 11.6. The Balaban J connectivity index is 0. The molecule has 8 heavy (non-hydrogen) atoms. The van der Waals surface area contributed by atoms with Gasteiger partial charge in [0.15, 0.2) is 0 Å². The van der Waals surface area contributed by atoms with Gasteiger partial charge in [-0.2, -0.15) is 10.3 Å². The monoisotopic (exact) mass is 154 g/mol. The van der Waals surface area contributed by atoms with Crippen molar-refractivity contribution in [3.8, 4) is 6.19 Å². The number of nitriles is 1. The fourth-order valence-electron chi connectivity index (χ4n) is 0.0865. The Bertz CT molecular complexity index is 119. The first-order chi connectivity index (χ1) is 3.31. The van der Waals surface area contributed by atoms with Crippen molar-refractivity contribution in [2.75, 3.05) is 6.26 Å². The summed E-state index contributed by atoms with van der Waals surface area (Å²) in [5.41, 5.74) is 0. The second-order valence-corrected chi connectivity index (χ2v) is 1.44. The zero-order chi connectivity index (χ0) is 5.70. The maximum absolute atomic E-state index is 9.99. The van der Waals surface area contributed by atoms with E-state index in [4.69, 9.17) is 5.26 Å². The Morgan fingerprint density at radius 1 is 1.88 bits per heavy atom. The molecule has 0 heterocycles. The number of hydrogen-bond acceptors (Lipinski definition) is 4. The van der Waals surface area contributed by atoms with E-state index in [2.05, 4.69) is 4.99 Å². The van der Waals surface area contributed by atoms with E-state index in [9.17, 15) is 5.11 Å². The van der Waals surface area contributed by atoms with Crippen LogP contribution in [0.2, 0.25) is 0 Å². The topological polar surface area (TPSA) is 59.2 Å². The standard InChI is InChI=1S/C3H4N2OS.K/c1-7-3(6)5-2-4;/h1H3,(H,5,6);/q;+1/p-1. The molecule has 0 saturated carbocycles. The molecule has 0 aromatic carbocycles. The Hall–Kier alpha value is 0.946. The van der Waals surface area contributed by atoms with Crippen LogP contribution in [0, 0.1) is 11.5 Å². The first-order valence-electron chi connectivity index (χ1n) is 1.49. The molecule has 0 aliphatic heterocycles. The van der Waals surface area contributed by atoms with Crippen LogP contribution < -0.4 is 56.5 Å². The predicted octanol–water partition coefficient (Wildman–Crippen LogP) is -3.45. The molecule has 3 nitrogen and oxygen atoms in total. The second kappa shape index (κ2) is 7.95. The fourth-order valence-corrected chi connectivity index (χ4v) is 0.219. The van der Waals surface area contributed by atoms with Crippen LogP contribution in [0.5, 0.6) is 0 Å². The van der Waals surface area contributed by atoms with Gasteiger partial charge in [0.05, 0.1) is 0 Å². The molecule has 0 saturated heterocycles. The molecule has 0 spiro atoms. The minimum absolute atomic E-state index is 0. The van der Waals surface area contributed by atoms with Gasteiger partial charge in [0.2, 0.25) is 6.19 Å². The Morgan fingerprint density at radius 3 is 2.50 bits per heavy atom. The van der Waals surface area contributed by atoms with E-state index in [0.717, 1.165) is 11.8 Å². The van der Waals surface area contributed by atoms with Crippen molar-refractivity contribution in [3.05, 3.63) is 0 Å². The third-order valence-corrected chi connectivity index (χ3v) is 0.756. The molecule has 0 bridgehead atoms. The third kappa shape index (κ3) is 6.95. The summed E-state index contributed by atoms with van der Waals surface area (Å²) in [6, 6.07) is 0. The number of hydrogen-bond donors (Lipinski definition) is 0. The van der Waals surface area contributed by atoms with Gasteiger partial charge < -0.3 is 5.11 Å². The molecule has 0 aromatic heterocycles. The summed E-state index contributed by atoms with van der Waals surface area (Å²) in [4.78, 5) is 2.87. The fraction of sp³-hybridized carbons (Fsp3) is 0.333. The SMILES string of the molecule is CS/C([O-])=N\C#N.[K+]. The van der Waals surface area contributed by atoms with Crippen molar-refractivity contribution < 1.29 is 56.5 Å². The van der Waals surface area contributed by atoms with Gasteiger partial charge >= 0.3 is 51.4 Å². The van der Waals surface area contributed by atoms with Gasteiger partial charge in [0.25, 0.3) is 0 Å². The van der Waals surface area contributed by atoms with Gasteiger partial charge in [-0.1, -0.05) is 0 Å². The average molecular weight is 154 g/mol. The molecule has 5 heteroatoms. The maximum Gasteiger partial charge on any atom is 1.00 e. The van der Waals surface area contributed by atoms with Crippen molar-refractivity contribution >= 4 is 17.0 Å². The third-order valence-electron chi connectivity index (χ3n) is 0.316. The minimum Gasteiger partial charge on any atom is -0.853 e.